The minimum atomic E-state index is -0.0806. The largest absolute Gasteiger partial charge is 0.461 e. The van der Waals surface area contributed by atoms with Gasteiger partial charge in [-0.2, -0.15) is 0 Å². The molecule has 0 aliphatic carbocycles. The van der Waals surface area contributed by atoms with Gasteiger partial charge in [0.25, 0.3) is 0 Å². The van der Waals surface area contributed by atoms with Crippen molar-refractivity contribution in [1.82, 2.24) is 0 Å². The molecule has 1 aromatic rings. The molecule has 2 nitrogen and oxygen atoms in total. The summed E-state index contributed by atoms with van der Waals surface area (Å²) in [4.78, 5) is 11.7. The number of unbranched alkanes of at least 4 members (excludes halogenated alkanes) is 8. The molecule has 0 radical (unpaired) electrons. The molecule has 0 aromatic heterocycles. The van der Waals surface area contributed by atoms with E-state index in [1.54, 1.807) is 0 Å². The van der Waals surface area contributed by atoms with Crippen molar-refractivity contribution in [3.63, 3.8) is 0 Å². The molecule has 3 heteroatoms. The number of esters is 1. The summed E-state index contributed by atoms with van der Waals surface area (Å²) in [5.74, 6) is -0.0806. The lowest BCUT2D eigenvalue weighted by atomic mass is 10.1. The lowest BCUT2D eigenvalue weighted by molar-refractivity contribution is -0.145. The number of ether oxygens (including phenoxy) is 1. The highest BCUT2D eigenvalue weighted by molar-refractivity contribution is 9.10. The van der Waals surface area contributed by atoms with Gasteiger partial charge in [0.05, 0.1) is 0 Å². The van der Waals surface area contributed by atoms with Crippen LogP contribution < -0.4 is 0 Å². The van der Waals surface area contributed by atoms with E-state index in [0.29, 0.717) is 13.0 Å². The van der Waals surface area contributed by atoms with E-state index in [1.807, 2.05) is 24.3 Å². The summed E-state index contributed by atoms with van der Waals surface area (Å²) >= 11 is 3.41. The Bertz CT molecular complexity index is 418. The Hall–Kier alpha value is -0.830. The number of carbonyl (C=O) groups is 1. The molecular formula is C19H29BrO2. The average Bonchev–Trinajstić information content (AvgIpc) is 2.51. The van der Waals surface area contributed by atoms with Gasteiger partial charge in [-0.25, -0.2) is 0 Å². The minimum absolute atomic E-state index is 0.0806. The SMILES string of the molecule is CCCCCCCCCCCC(=O)OCc1cccc(Br)c1. The topological polar surface area (TPSA) is 26.3 Å². The number of hydrogen-bond donors (Lipinski definition) is 0. The lowest BCUT2D eigenvalue weighted by Crippen LogP contribution is -2.04. The van der Waals surface area contributed by atoms with Crippen LogP contribution in [0.1, 0.15) is 76.7 Å². The first-order valence-corrected chi connectivity index (χ1v) is 9.41. The van der Waals surface area contributed by atoms with E-state index >= 15 is 0 Å². The summed E-state index contributed by atoms with van der Waals surface area (Å²) in [6.07, 6.45) is 11.9. The van der Waals surface area contributed by atoms with E-state index in [1.165, 1.54) is 44.9 Å². The van der Waals surface area contributed by atoms with Gasteiger partial charge in [-0.05, 0) is 24.1 Å². The standard InChI is InChI=1S/C19H29BrO2/c1-2-3-4-5-6-7-8-9-10-14-19(21)22-16-17-12-11-13-18(20)15-17/h11-13,15H,2-10,14,16H2,1H3. The smallest absolute Gasteiger partial charge is 0.306 e. The minimum Gasteiger partial charge on any atom is -0.461 e. The van der Waals surface area contributed by atoms with Crippen LogP contribution in [-0.4, -0.2) is 5.97 Å². The van der Waals surface area contributed by atoms with Crippen molar-refractivity contribution in [2.45, 2.75) is 77.7 Å². The van der Waals surface area contributed by atoms with Crippen LogP contribution in [0, 0.1) is 0 Å². The zero-order chi connectivity index (χ0) is 16.0. The molecule has 0 N–H and O–H groups in total. The van der Waals surface area contributed by atoms with Gasteiger partial charge in [0.15, 0.2) is 0 Å². The summed E-state index contributed by atoms with van der Waals surface area (Å²) in [7, 11) is 0. The summed E-state index contributed by atoms with van der Waals surface area (Å²) < 4.78 is 6.31. The third kappa shape index (κ3) is 9.99. The Morgan fingerprint density at radius 3 is 2.27 bits per heavy atom. The van der Waals surface area contributed by atoms with Crippen LogP contribution >= 0.6 is 15.9 Å². The fourth-order valence-corrected chi connectivity index (χ4v) is 2.89. The van der Waals surface area contributed by atoms with Crippen LogP contribution in [0.2, 0.25) is 0 Å². The summed E-state index contributed by atoms with van der Waals surface area (Å²) in [5, 5.41) is 0. The second-order valence-electron chi connectivity index (χ2n) is 5.87. The van der Waals surface area contributed by atoms with Crippen molar-refractivity contribution in [2.24, 2.45) is 0 Å². The maximum Gasteiger partial charge on any atom is 0.306 e. The highest BCUT2D eigenvalue weighted by Gasteiger charge is 2.03. The van der Waals surface area contributed by atoms with Crippen LogP contribution in [0.15, 0.2) is 28.7 Å². The van der Waals surface area contributed by atoms with E-state index in [-0.39, 0.29) is 5.97 Å². The van der Waals surface area contributed by atoms with Gasteiger partial charge in [0, 0.05) is 10.9 Å². The van der Waals surface area contributed by atoms with Crippen LogP contribution in [0.3, 0.4) is 0 Å². The first-order valence-electron chi connectivity index (χ1n) is 8.62. The molecule has 0 atom stereocenters. The number of carbonyl (C=O) groups excluding carboxylic acids is 1. The molecule has 0 saturated heterocycles. The highest BCUT2D eigenvalue weighted by atomic mass is 79.9. The third-order valence-corrected chi connectivity index (χ3v) is 4.27. The van der Waals surface area contributed by atoms with Crippen LogP contribution in [0.5, 0.6) is 0 Å². The Labute approximate surface area is 143 Å². The number of hydrogen-bond acceptors (Lipinski definition) is 2. The number of benzene rings is 1. The maximum atomic E-state index is 11.7. The second-order valence-corrected chi connectivity index (χ2v) is 6.78. The van der Waals surface area contributed by atoms with Gasteiger partial charge >= 0.3 is 5.97 Å². The van der Waals surface area contributed by atoms with Gasteiger partial charge in [0.1, 0.15) is 6.61 Å². The molecular weight excluding hydrogens is 340 g/mol. The van der Waals surface area contributed by atoms with Gasteiger partial charge in [-0.1, -0.05) is 86.4 Å². The molecule has 1 aromatic carbocycles. The van der Waals surface area contributed by atoms with Crippen LogP contribution in [-0.2, 0) is 16.1 Å². The van der Waals surface area contributed by atoms with Crippen molar-refractivity contribution in [1.29, 1.82) is 0 Å². The molecule has 124 valence electrons. The molecule has 0 heterocycles. The van der Waals surface area contributed by atoms with Gasteiger partial charge in [-0.3, -0.25) is 4.79 Å². The zero-order valence-corrected chi connectivity index (χ0v) is 15.4. The first kappa shape index (κ1) is 19.2. The van der Waals surface area contributed by atoms with Crippen molar-refractivity contribution in [3.8, 4) is 0 Å². The van der Waals surface area contributed by atoms with Crippen LogP contribution in [0.4, 0.5) is 0 Å². The zero-order valence-electron chi connectivity index (χ0n) is 13.8. The Balaban J connectivity index is 1.95. The summed E-state index contributed by atoms with van der Waals surface area (Å²) in [6, 6.07) is 7.86. The van der Waals surface area contributed by atoms with Crippen molar-refractivity contribution < 1.29 is 9.53 Å². The van der Waals surface area contributed by atoms with E-state index in [4.69, 9.17) is 4.74 Å². The first-order chi connectivity index (χ1) is 10.7. The average molecular weight is 369 g/mol. The Morgan fingerprint density at radius 2 is 1.64 bits per heavy atom. The number of rotatable bonds is 12. The molecule has 0 aliphatic rings. The molecule has 0 fully saturated rings. The second kappa shape index (κ2) is 12.7. The molecule has 22 heavy (non-hydrogen) atoms. The van der Waals surface area contributed by atoms with E-state index < -0.39 is 0 Å². The number of halogens is 1. The van der Waals surface area contributed by atoms with E-state index in [9.17, 15) is 4.79 Å². The van der Waals surface area contributed by atoms with E-state index in [2.05, 4.69) is 22.9 Å². The fraction of sp³-hybridized carbons (Fsp3) is 0.632. The molecule has 0 spiro atoms. The molecule has 0 unspecified atom stereocenters. The molecule has 0 aliphatic heterocycles. The van der Waals surface area contributed by atoms with Gasteiger partial charge in [-0.15, -0.1) is 0 Å². The quantitative estimate of drug-likeness (QED) is 0.314. The van der Waals surface area contributed by atoms with Gasteiger partial charge in [0.2, 0.25) is 0 Å². The molecule has 1 rings (SSSR count). The fourth-order valence-electron chi connectivity index (χ4n) is 2.44. The predicted octanol–water partition coefficient (Wildman–Crippen LogP) is 6.41. The highest BCUT2D eigenvalue weighted by Crippen LogP contribution is 2.13. The molecule has 0 saturated carbocycles. The Kier molecular flexibility index (Phi) is 11.1. The maximum absolute atomic E-state index is 11.7. The van der Waals surface area contributed by atoms with Crippen LogP contribution in [0.25, 0.3) is 0 Å². The third-order valence-electron chi connectivity index (χ3n) is 3.77. The van der Waals surface area contributed by atoms with E-state index in [0.717, 1.165) is 22.9 Å². The monoisotopic (exact) mass is 368 g/mol. The summed E-state index contributed by atoms with van der Waals surface area (Å²) in [5.41, 5.74) is 1.02. The van der Waals surface area contributed by atoms with Crippen molar-refractivity contribution in [2.75, 3.05) is 0 Å². The van der Waals surface area contributed by atoms with Crippen molar-refractivity contribution in [3.05, 3.63) is 34.3 Å². The Morgan fingerprint density at radius 1 is 1.00 bits per heavy atom. The molecule has 0 amide bonds. The normalized spacial score (nSPS) is 10.6. The lowest BCUT2D eigenvalue weighted by Gasteiger charge is -2.05. The molecule has 0 bridgehead atoms. The van der Waals surface area contributed by atoms with Gasteiger partial charge < -0.3 is 4.74 Å². The predicted molar refractivity (Wildman–Crippen MR) is 95.8 cm³/mol. The van der Waals surface area contributed by atoms with Crippen molar-refractivity contribution >= 4 is 21.9 Å². The summed E-state index contributed by atoms with van der Waals surface area (Å²) in [6.45, 7) is 2.62.